The van der Waals surface area contributed by atoms with Gasteiger partial charge < -0.3 is 68.6 Å². The Morgan fingerprint density at radius 3 is 1.35 bits per heavy atom. The first-order valence-electron chi connectivity index (χ1n) is 48.1. The largest absolute Gasteiger partial charge is 0.514 e. The molecule has 696 valence electrons. The molecule has 2 aromatic rings. The van der Waals surface area contributed by atoms with Crippen molar-refractivity contribution in [2.75, 3.05) is 57.7 Å². The maximum atomic E-state index is 12.6. The Morgan fingerprint density at radius 2 is 0.935 bits per heavy atom. The summed E-state index contributed by atoms with van der Waals surface area (Å²) >= 11 is 9.53. The van der Waals surface area contributed by atoms with Crippen LogP contribution < -0.4 is 21.0 Å². The molecule has 16 aliphatic rings. The number of cyclic esters (lactones) is 2. The van der Waals surface area contributed by atoms with Gasteiger partial charge in [0.15, 0.2) is 0 Å². The Kier molecular flexibility index (Phi) is 34.8. The molecule has 1 aromatic carbocycles. The number of nitro groups is 1. The number of hydrogen-bond acceptors (Lipinski definition) is 20. The lowest BCUT2D eigenvalue weighted by atomic mass is 9.44. The van der Waals surface area contributed by atoms with Gasteiger partial charge in [0.2, 0.25) is 0 Å². The van der Waals surface area contributed by atoms with Crippen molar-refractivity contribution in [3.63, 3.8) is 0 Å². The number of benzene rings is 1. The van der Waals surface area contributed by atoms with Gasteiger partial charge in [0.1, 0.15) is 24.1 Å². The normalized spacial score (nSPS) is 37.9. The van der Waals surface area contributed by atoms with E-state index in [9.17, 15) is 54.2 Å². The average molecular weight is 1770 g/mol. The molecule has 12 aliphatic carbocycles. The Hall–Kier alpha value is -5.82. The lowest BCUT2D eigenvalue weighted by molar-refractivity contribution is -0.384. The van der Waals surface area contributed by atoms with E-state index in [1.807, 2.05) is 30.6 Å². The van der Waals surface area contributed by atoms with Crippen LogP contribution in [-0.2, 0) is 33.3 Å². The molecule has 1 aromatic heterocycles. The predicted octanol–water partition coefficient (Wildman–Crippen LogP) is 21.5. The molecule has 18 rings (SSSR count). The van der Waals surface area contributed by atoms with Gasteiger partial charge >= 0.3 is 35.9 Å². The van der Waals surface area contributed by atoms with E-state index >= 15 is 0 Å². The van der Waals surface area contributed by atoms with E-state index in [1.54, 1.807) is 6.07 Å². The second kappa shape index (κ2) is 43.7. The molecule has 0 bridgehead atoms. The molecular formula is C99H153Cl2N5O18. The SMILES string of the molecule is C1CCCCC1.CC1=COC(=O)CC1.CC1=COC(=O)CC1.CC[C@@H]1C[C@@H](OC(=O)N2CCNCC2)CC[C@]1(C)[C@H]1CC[C@]2(C)CCC[C@]2(O)C1.C[C@]12CC[C@H](OC(=O)N3CCNCC3)C[C@H]1CC[C@@H]1[C@@H]2CC[C@]2(C)CCC[C@]12O.C[C@]12CC[C@H](OC(=O)Oc3ccc([N+](=O)[O-])cc3)C[C@H]1CC[C@@H]1[C@@H]2CC[C@]2(C)CCC[C@]12O.Cc1ccc(=O)oc1.ClCCl. The van der Waals surface area contributed by atoms with E-state index in [0.717, 1.165) is 210 Å². The minimum atomic E-state index is -0.750. The van der Waals surface area contributed by atoms with Crippen LogP contribution in [0.15, 0.2) is 75.5 Å². The highest BCUT2D eigenvalue weighted by molar-refractivity contribution is 6.40. The molecule has 2 amide bonds. The van der Waals surface area contributed by atoms with E-state index in [4.69, 9.17) is 42.1 Å². The zero-order chi connectivity index (χ0) is 89.3. The maximum absolute atomic E-state index is 12.6. The number of piperazine rings is 2. The molecule has 0 unspecified atom stereocenters. The van der Waals surface area contributed by atoms with E-state index in [2.05, 4.69) is 73.0 Å². The van der Waals surface area contributed by atoms with Crippen molar-refractivity contribution in [1.82, 2.24) is 20.4 Å². The fourth-order valence-electron chi connectivity index (χ4n) is 26.5. The van der Waals surface area contributed by atoms with E-state index in [-0.39, 0.29) is 91.9 Å². The number of hydrogen-bond donors (Lipinski definition) is 5. The minimum absolute atomic E-state index is 0.0526. The third-order valence-corrected chi connectivity index (χ3v) is 34.5. The van der Waals surface area contributed by atoms with Crippen molar-refractivity contribution < 1.29 is 77.1 Å². The number of rotatable bonds is 7. The monoisotopic (exact) mass is 1770 g/mol. The molecule has 124 heavy (non-hydrogen) atoms. The first-order chi connectivity index (χ1) is 59.1. The number of ether oxygens (including phenoxy) is 6. The highest BCUT2D eigenvalue weighted by Crippen LogP contribution is 2.70. The second-order valence-corrected chi connectivity index (χ2v) is 42.5. The fraction of sp³-hybridized carbons (Fsp3) is 0.798. The summed E-state index contributed by atoms with van der Waals surface area (Å²) in [6.45, 7) is 28.9. The molecule has 5 N–H and O–H groups in total. The Labute approximate surface area is 749 Å². The molecule has 20 atom stereocenters. The average Bonchev–Trinajstić information content (AvgIpc) is 1.38. The molecule has 0 spiro atoms. The molecular weight excluding hydrogens is 1620 g/mol. The molecule has 23 nitrogen and oxygen atoms in total. The molecule has 25 heteroatoms. The topological polar surface area (TPSA) is 305 Å². The molecule has 4 aliphatic heterocycles. The van der Waals surface area contributed by atoms with Crippen molar-refractivity contribution in [3.05, 3.63) is 92.4 Å². The summed E-state index contributed by atoms with van der Waals surface area (Å²) in [4.78, 5) is 82.4. The van der Waals surface area contributed by atoms with Gasteiger partial charge in [0.25, 0.3) is 5.69 Å². The highest BCUT2D eigenvalue weighted by Gasteiger charge is 2.67. The number of aliphatic hydroxyl groups is 3. The van der Waals surface area contributed by atoms with Crippen LogP contribution in [0.2, 0.25) is 0 Å². The fourth-order valence-corrected chi connectivity index (χ4v) is 26.5. The summed E-state index contributed by atoms with van der Waals surface area (Å²) in [5.74, 6) is 4.34. The number of fused-ring (bicyclic) bond motifs is 11. The second-order valence-electron chi connectivity index (χ2n) is 41.7. The Bertz CT molecular complexity index is 3870. The quantitative estimate of drug-likeness (QED) is 0.0429. The molecule has 2 saturated heterocycles. The number of carbonyl (C=O) groups excluding carboxylic acids is 5. The number of amides is 2. The van der Waals surface area contributed by atoms with Crippen LogP contribution in [0.5, 0.6) is 5.75 Å². The van der Waals surface area contributed by atoms with Gasteiger partial charge in [-0.05, 0) is 335 Å². The third kappa shape index (κ3) is 23.5. The number of nitrogens with zero attached hydrogens (tertiary/aromatic N) is 3. The van der Waals surface area contributed by atoms with E-state index < -0.39 is 27.9 Å². The first-order valence-corrected chi connectivity index (χ1v) is 49.2. The number of carbonyl (C=O) groups is 5. The van der Waals surface area contributed by atoms with E-state index in [0.29, 0.717) is 65.6 Å². The van der Waals surface area contributed by atoms with Crippen LogP contribution in [0.4, 0.5) is 20.1 Å². The van der Waals surface area contributed by atoms with Gasteiger partial charge in [-0.1, -0.05) is 93.4 Å². The maximum Gasteiger partial charge on any atom is 0.514 e. The first kappa shape index (κ1) is 98.8. The van der Waals surface area contributed by atoms with Crippen molar-refractivity contribution >= 4 is 59.2 Å². The van der Waals surface area contributed by atoms with Gasteiger partial charge in [-0.3, -0.25) is 19.7 Å². The van der Waals surface area contributed by atoms with Crippen LogP contribution in [0.3, 0.4) is 0 Å². The molecule has 5 heterocycles. The van der Waals surface area contributed by atoms with Crippen LogP contribution >= 0.6 is 23.2 Å². The lowest BCUT2D eigenvalue weighted by Gasteiger charge is -2.63. The van der Waals surface area contributed by atoms with Crippen LogP contribution in [-0.4, -0.2) is 153 Å². The standard InChI is InChI=1S/C26H35NO6.C24H40N2O3.C24H42N2O3.2C6H8O2.C6H6O2.C6H12.CH2Cl2/c1-24-12-3-13-26(24,29)22-9-4-17-16-20(10-15-25(17,2)21(22)11-14-24)33-23(28)32-19-7-5-18(6-8-19)27(30)31;1-22-8-3-9-24(22,28)20-5-4-17-16-18(6-11-23(17,2)19(20)7-10-22)29-21(27)26-14-12-25-13-15-26;1-4-18-16-20(29-21(27)26-14-12-25-13-15-26)7-11-23(18,3)19-6-10-22(2)8-5-9-24(22,28)17-19;3*1-5-2-3-6(7)8-4-5;1-2-4-6-5-3-1;2-1-3/h5-8,17,20-22,29H,3-4,9-16H2,1-2H3;17-20,25,28H,3-16H2,1-2H3;18-20,25,28H,4-17H2,1-3H3;2*4H,2-3H2,1H3;2-4H,1H3;1-6H2;1H2/t17-,20+,21+,22-,24+,25+,26+;17-,18+,19+,20-,22+,23+,24+;18-,19+,20+,22+,23+,24+;;;;;/m111...../s1. The van der Waals surface area contributed by atoms with Gasteiger partial charge in [-0.25, -0.2) is 19.2 Å². The smallest absolute Gasteiger partial charge is 0.446 e. The van der Waals surface area contributed by atoms with Crippen LogP contribution in [0, 0.1) is 96.9 Å². The van der Waals surface area contributed by atoms with Crippen molar-refractivity contribution in [1.29, 1.82) is 0 Å². The molecule has 12 saturated carbocycles. The Balaban J connectivity index is 0.000000152. The van der Waals surface area contributed by atoms with Crippen molar-refractivity contribution in [2.45, 2.75) is 361 Å². The zero-order valence-electron chi connectivity index (χ0n) is 76.8. The number of esters is 2. The summed E-state index contributed by atoms with van der Waals surface area (Å²) in [6.07, 6.45) is 47.9. The number of nitrogens with one attached hydrogen (secondary N) is 2. The summed E-state index contributed by atoms with van der Waals surface area (Å²) in [5, 5.41) is 52.6. The van der Waals surface area contributed by atoms with Crippen LogP contribution in [0.1, 0.15) is 325 Å². The summed E-state index contributed by atoms with van der Waals surface area (Å²) in [6, 6.07) is 8.54. The molecule has 14 fully saturated rings. The number of non-ortho nitro benzene ring substituents is 1. The minimum Gasteiger partial charge on any atom is -0.446 e. The summed E-state index contributed by atoms with van der Waals surface area (Å²) < 4.78 is 36.5. The zero-order valence-corrected chi connectivity index (χ0v) is 78.3. The highest BCUT2D eigenvalue weighted by atomic mass is 35.5. The summed E-state index contributed by atoms with van der Waals surface area (Å²) in [7, 11) is 0. The van der Waals surface area contributed by atoms with Gasteiger partial charge in [0, 0.05) is 83.4 Å². The lowest BCUT2D eigenvalue weighted by Crippen LogP contribution is -2.61. The van der Waals surface area contributed by atoms with Gasteiger partial charge in [0.05, 0.1) is 45.9 Å². The number of halogens is 2. The molecule has 0 radical (unpaired) electrons. The number of nitro benzene ring substituents is 1. The number of aryl methyl sites for hydroxylation is 1. The van der Waals surface area contributed by atoms with Crippen molar-refractivity contribution in [3.8, 4) is 5.75 Å². The van der Waals surface area contributed by atoms with Gasteiger partial charge in [-0.15, -0.1) is 23.2 Å². The number of allylic oxidation sites excluding steroid dienone is 2. The predicted molar refractivity (Wildman–Crippen MR) is 481 cm³/mol. The van der Waals surface area contributed by atoms with Crippen molar-refractivity contribution in [2.24, 2.45) is 79.8 Å². The van der Waals surface area contributed by atoms with Gasteiger partial charge in [-0.2, -0.15) is 0 Å². The third-order valence-electron chi connectivity index (χ3n) is 34.5. The summed E-state index contributed by atoms with van der Waals surface area (Å²) in [5.41, 5.74) is 2.61. The Morgan fingerprint density at radius 1 is 0.500 bits per heavy atom. The number of alkyl halides is 2. The van der Waals surface area contributed by atoms with Crippen LogP contribution in [0.25, 0.3) is 0 Å². The van der Waals surface area contributed by atoms with E-state index in [1.165, 1.54) is 152 Å².